The van der Waals surface area contributed by atoms with E-state index in [2.05, 4.69) is 27.4 Å². The van der Waals surface area contributed by atoms with E-state index in [-0.39, 0.29) is 18.5 Å². The number of thioether (sulfide) groups is 1. The van der Waals surface area contributed by atoms with E-state index < -0.39 is 12.7 Å². The van der Waals surface area contributed by atoms with E-state index in [1.165, 1.54) is 4.57 Å². The summed E-state index contributed by atoms with van der Waals surface area (Å²) >= 11 is 1.60. The van der Waals surface area contributed by atoms with Crippen molar-refractivity contribution < 1.29 is 22.7 Å². The molecule has 1 saturated heterocycles. The summed E-state index contributed by atoms with van der Waals surface area (Å²) in [6.45, 7) is 1.05. The van der Waals surface area contributed by atoms with Gasteiger partial charge in [0.15, 0.2) is 0 Å². The minimum Gasteiger partial charge on any atom is -0.495 e. The molecule has 0 saturated carbocycles. The van der Waals surface area contributed by atoms with E-state index in [1.807, 2.05) is 30.5 Å². The molecule has 0 unspecified atom stereocenters. The maximum atomic E-state index is 13.6. The molecule has 0 radical (unpaired) electrons. The SMILES string of the molecule is COc1cc(SC)ccc1NCC#Cc1cc2c(NC3CCN(CC(=O)N(C)C)CC3)cccc2n1CC(F)(F)F. The summed E-state index contributed by atoms with van der Waals surface area (Å²) in [6, 6.07) is 13.0. The lowest BCUT2D eigenvalue weighted by molar-refractivity contribution is -0.140. The van der Waals surface area contributed by atoms with Crippen LogP contribution >= 0.6 is 11.8 Å². The Morgan fingerprint density at radius 1 is 1.15 bits per heavy atom. The number of piperidine rings is 1. The molecule has 1 aromatic heterocycles. The highest BCUT2D eigenvalue weighted by Gasteiger charge is 2.30. The zero-order chi connectivity index (χ0) is 29.6. The third-order valence-corrected chi connectivity index (χ3v) is 7.81. The number of amides is 1. The van der Waals surface area contributed by atoms with Crippen LogP contribution in [0, 0.1) is 11.8 Å². The molecule has 0 atom stereocenters. The fraction of sp³-hybridized carbons (Fsp3) is 0.433. The first kappa shape index (κ1) is 30.5. The Bertz CT molecular complexity index is 1420. The van der Waals surface area contributed by atoms with Crippen LogP contribution in [0.3, 0.4) is 0 Å². The van der Waals surface area contributed by atoms with Crippen LogP contribution in [-0.2, 0) is 11.3 Å². The first-order chi connectivity index (χ1) is 19.6. The summed E-state index contributed by atoms with van der Waals surface area (Å²) < 4.78 is 47.4. The molecule has 1 aliphatic rings. The number of methoxy groups -OCH3 is 1. The Morgan fingerprint density at radius 3 is 2.56 bits per heavy atom. The number of hydrogen-bond donors (Lipinski definition) is 2. The van der Waals surface area contributed by atoms with Gasteiger partial charge in [0.2, 0.25) is 5.91 Å². The summed E-state index contributed by atoms with van der Waals surface area (Å²) in [5.41, 5.74) is 2.33. The normalized spacial score (nSPS) is 14.4. The molecule has 1 amide bonds. The third-order valence-electron chi connectivity index (χ3n) is 7.08. The molecule has 11 heteroatoms. The molecule has 2 aromatic carbocycles. The van der Waals surface area contributed by atoms with Crippen molar-refractivity contribution in [2.75, 3.05) is 64.3 Å². The van der Waals surface area contributed by atoms with Gasteiger partial charge in [0.1, 0.15) is 12.3 Å². The van der Waals surface area contributed by atoms with Gasteiger partial charge in [0, 0.05) is 49.2 Å². The van der Waals surface area contributed by atoms with Gasteiger partial charge in [-0.05, 0) is 61.4 Å². The van der Waals surface area contributed by atoms with Crippen molar-refractivity contribution in [3.63, 3.8) is 0 Å². The van der Waals surface area contributed by atoms with E-state index in [1.54, 1.807) is 56.1 Å². The van der Waals surface area contributed by atoms with Crippen LogP contribution in [0.4, 0.5) is 24.5 Å². The number of alkyl halides is 3. The van der Waals surface area contributed by atoms with Gasteiger partial charge < -0.3 is 24.8 Å². The van der Waals surface area contributed by atoms with Gasteiger partial charge in [-0.2, -0.15) is 13.2 Å². The Morgan fingerprint density at radius 2 is 1.90 bits per heavy atom. The van der Waals surface area contributed by atoms with Gasteiger partial charge in [-0.1, -0.05) is 12.0 Å². The number of rotatable bonds is 9. The van der Waals surface area contributed by atoms with Gasteiger partial charge in [-0.15, -0.1) is 11.8 Å². The average Bonchev–Trinajstić information content (AvgIpc) is 3.28. The summed E-state index contributed by atoms with van der Waals surface area (Å²) in [4.78, 5) is 16.8. The fourth-order valence-electron chi connectivity index (χ4n) is 4.87. The quantitative estimate of drug-likeness (QED) is 0.260. The average molecular weight is 588 g/mol. The molecule has 1 aliphatic heterocycles. The number of benzene rings is 2. The fourth-order valence-corrected chi connectivity index (χ4v) is 5.30. The predicted molar refractivity (Wildman–Crippen MR) is 160 cm³/mol. The number of carbonyl (C=O) groups excluding carboxylic acids is 1. The smallest absolute Gasteiger partial charge is 0.406 e. The molecule has 2 N–H and O–H groups in total. The predicted octanol–water partition coefficient (Wildman–Crippen LogP) is 5.36. The van der Waals surface area contributed by atoms with E-state index in [9.17, 15) is 18.0 Å². The summed E-state index contributed by atoms with van der Waals surface area (Å²) in [5.74, 6) is 6.68. The summed E-state index contributed by atoms with van der Waals surface area (Å²) in [6.07, 6.45) is -0.749. The summed E-state index contributed by atoms with van der Waals surface area (Å²) in [5, 5.41) is 7.44. The highest BCUT2D eigenvalue weighted by Crippen LogP contribution is 2.32. The highest BCUT2D eigenvalue weighted by molar-refractivity contribution is 7.98. The standard InChI is InChI=1S/C30H36F3N5O2S/c1-36(2)29(39)19-37-15-12-21(13-16-37)35-25-8-5-9-27-24(25)17-22(38(27)20-30(31,32)33)7-6-14-34-26-11-10-23(41-4)18-28(26)40-3/h5,8-11,17-18,21,34-35H,12-16,19-20H2,1-4H3. The molecule has 0 bridgehead atoms. The molecular weight excluding hydrogens is 551 g/mol. The van der Waals surface area contributed by atoms with Gasteiger partial charge in [0.05, 0.1) is 37.1 Å². The topological polar surface area (TPSA) is 61.8 Å². The zero-order valence-electron chi connectivity index (χ0n) is 23.8. The van der Waals surface area contributed by atoms with E-state index in [0.29, 0.717) is 28.9 Å². The first-order valence-electron chi connectivity index (χ1n) is 13.4. The lowest BCUT2D eigenvalue weighted by Crippen LogP contribution is -2.43. The van der Waals surface area contributed by atoms with Gasteiger partial charge in [0.25, 0.3) is 0 Å². The number of likely N-dealkylation sites (tertiary alicyclic amines) is 1. The number of nitrogens with zero attached hydrogens (tertiary/aromatic N) is 3. The largest absolute Gasteiger partial charge is 0.495 e. The van der Waals surface area contributed by atoms with Crippen molar-refractivity contribution in [3.8, 4) is 17.6 Å². The number of carbonyl (C=O) groups is 1. The molecular formula is C30H36F3N5O2S. The van der Waals surface area contributed by atoms with E-state index >= 15 is 0 Å². The maximum Gasteiger partial charge on any atom is 0.406 e. The number of nitrogens with one attached hydrogen (secondary N) is 2. The highest BCUT2D eigenvalue weighted by atomic mass is 32.2. The molecule has 2 heterocycles. The molecule has 220 valence electrons. The Balaban J connectivity index is 1.51. The molecule has 1 fully saturated rings. The molecule has 0 aliphatic carbocycles. The number of likely N-dealkylation sites (N-methyl/N-ethyl adjacent to an activating group) is 1. The van der Waals surface area contributed by atoms with Crippen LogP contribution in [0.25, 0.3) is 10.9 Å². The number of ether oxygens (including phenoxy) is 1. The van der Waals surface area contributed by atoms with Crippen LogP contribution in [0.5, 0.6) is 5.75 Å². The van der Waals surface area contributed by atoms with Crippen LogP contribution in [0.2, 0.25) is 0 Å². The van der Waals surface area contributed by atoms with E-state index in [0.717, 1.165) is 42.2 Å². The Hall–Kier alpha value is -3.49. The number of hydrogen-bond acceptors (Lipinski definition) is 6. The second-order valence-corrected chi connectivity index (χ2v) is 11.1. The minimum atomic E-state index is -4.40. The van der Waals surface area contributed by atoms with E-state index in [4.69, 9.17) is 4.74 Å². The minimum absolute atomic E-state index is 0.0728. The van der Waals surface area contributed by atoms with Crippen molar-refractivity contribution in [2.24, 2.45) is 0 Å². The number of anilines is 2. The van der Waals surface area contributed by atoms with Crippen LogP contribution in [-0.4, -0.2) is 86.1 Å². The number of aromatic nitrogens is 1. The number of fused-ring (bicyclic) bond motifs is 1. The first-order valence-corrected chi connectivity index (χ1v) is 14.6. The lowest BCUT2D eigenvalue weighted by atomic mass is 10.0. The molecule has 3 aromatic rings. The maximum absolute atomic E-state index is 13.6. The summed E-state index contributed by atoms with van der Waals surface area (Å²) in [7, 11) is 5.09. The molecule has 41 heavy (non-hydrogen) atoms. The van der Waals surface area contributed by atoms with Gasteiger partial charge in [-0.3, -0.25) is 9.69 Å². The van der Waals surface area contributed by atoms with Crippen molar-refractivity contribution >= 4 is 39.9 Å². The Kier molecular flexibility index (Phi) is 9.99. The monoisotopic (exact) mass is 587 g/mol. The van der Waals surface area contributed by atoms with Crippen molar-refractivity contribution in [1.29, 1.82) is 0 Å². The van der Waals surface area contributed by atoms with Gasteiger partial charge >= 0.3 is 6.18 Å². The van der Waals surface area contributed by atoms with Crippen LogP contribution in [0.1, 0.15) is 18.5 Å². The third kappa shape index (κ3) is 8.05. The van der Waals surface area contributed by atoms with Crippen molar-refractivity contribution in [3.05, 3.63) is 48.2 Å². The van der Waals surface area contributed by atoms with Gasteiger partial charge in [-0.25, -0.2) is 0 Å². The molecule has 0 spiro atoms. The number of halogens is 3. The molecule has 4 rings (SSSR count). The van der Waals surface area contributed by atoms with Crippen molar-refractivity contribution in [1.82, 2.24) is 14.4 Å². The molecule has 7 nitrogen and oxygen atoms in total. The lowest BCUT2D eigenvalue weighted by Gasteiger charge is -2.33. The van der Waals surface area contributed by atoms with Crippen LogP contribution < -0.4 is 15.4 Å². The van der Waals surface area contributed by atoms with Crippen LogP contribution in [0.15, 0.2) is 47.4 Å². The zero-order valence-corrected chi connectivity index (χ0v) is 24.6. The second kappa shape index (κ2) is 13.4. The van der Waals surface area contributed by atoms with Crippen molar-refractivity contribution in [2.45, 2.75) is 36.5 Å². The second-order valence-electron chi connectivity index (χ2n) is 10.2. The Labute approximate surface area is 243 Å².